The number of carbonyl (C=O) groups excluding carboxylic acids is 3. The number of fused-ring (bicyclic) bond motifs is 5. The summed E-state index contributed by atoms with van der Waals surface area (Å²) in [5.74, 6) is 0.270. The van der Waals surface area contributed by atoms with Gasteiger partial charge in [-0.3, -0.25) is 14.5 Å². The molecule has 3 aliphatic heterocycles. The van der Waals surface area contributed by atoms with E-state index in [4.69, 9.17) is 4.74 Å². The highest BCUT2D eigenvalue weighted by Gasteiger charge is 2.48. The zero-order chi connectivity index (χ0) is 17.0. The molecule has 0 N–H and O–H groups in total. The highest BCUT2D eigenvalue weighted by Crippen LogP contribution is 2.45. The van der Waals surface area contributed by atoms with Crippen molar-refractivity contribution in [1.29, 1.82) is 0 Å². The third kappa shape index (κ3) is 2.05. The molecule has 0 radical (unpaired) electrons. The molecule has 126 valence electrons. The van der Waals surface area contributed by atoms with Gasteiger partial charge in [0.2, 0.25) is 5.91 Å². The number of nitrogens with zero attached hydrogens (tertiary/aromatic N) is 2. The fraction of sp³-hybridized carbons (Fsp3) is 0.500. The Hall–Kier alpha value is -2.37. The predicted molar refractivity (Wildman–Crippen MR) is 88.3 cm³/mol. The van der Waals surface area contributed by atoms with Crippen LogP contribution in [0, 0.1) is 0 Å². The Kier molecular flexibility index (Phi) is 3.37. The van der Waals surface area contributed by atoms with Crippen LogP contribution in [0.1, 0.15) is 37.3 Å². The van der Waals surface area contributed by atoms with Crippen LogP contribution in [-0.2, 0) is 27.2 Å². The number of amides is 2. The van der Waals surface area contributed by atoms with Crippen molar-refractivity contribution >= 4 is 29.2 Å². The summed E-state index contributed by atoms with van der Waals surface area (Å²) in [6.45, 7) is 1.84. The molecule has 0 bridgehead atoms. The summed E-state index contributed by atoms with van der Waals surface area (Å²) in [5.41, 5.74) is 3.91. The fourth-order valence-corrected chi connectivity index (χ4v) is 4.04. The topological polar surface area (TPSA) is 66.9 Å². The zero-order valence-electron chi connectivity index (χ0n) is 13.9. The summed E-state index contributed by atoms with van der Waals surface area (Å²) in [6, 6.07) is 3.75. The maximum Gasteiger partial charge on any atom is 0.415 e. The number of hydrogen-bond acceptors (Lipinski definition) is 4. The molecule has 3 heterocycles. The van der Waals surface area contributed by atoms with Gasteiger partial charge in [-0.2, -0.15) is 0 Å². The van der Waals surface area contributed by atoms with Crippen LogP contribution in [0.4, 0.5) is 16.2 Å². The Morgan fingerprint density at radius 1 is 1.25 bits per heavy atom. The number of anilines is 2. The summed E-state index contributed by atoms with van der Waals surface area (Å²) in [6.07, 6.45) is 2.00. The number of cyclic esters (lactones) is 1. The van der Waals surface area contributed by atoms with Gasteiger partial charge < -0.3 is 9.64 Å². The molecule has 6 nitrogen and oxygen atoms in total. The Bertz CT molecular complexity index is 758. The predicted octanol–water partition coefficient (Wildman–Crippen LogP) is 2.21. The van der Waals surface area contributed by atoms with Crippen LogP contribution < -0.4 is 9.80 Å². The van der Waals surface area contributed by atoms with E-state index in [1.807, 2.05) is 19.1 Å². The number of hydrogen-bond donors (Lipinski definition) is 0. The number of ether oxygens (including phenoxy) is 1. The Labute approximate surface area is 140 Å². The van der Waals surface area contributed by atoms with Gasteiger partial charge in [-0.25, -0.2) is 4.79 Å². The number of ketones is 1. The van der Waals surface area contributed by atoms with Crippen molar-refractivity contribution in [3.63, 3.8) is 0 Å². The van der Waals surface area contributed by atoms with Crippen molar-refractivity contribution < 1.29 is 19.1 Å². The van der Waals surface area contributed by atoms with Crippen molar-refractivity contribution in [2.24, 2.45) is 0 Å². The van der Waals surface area contributed by atoms with Crippen molar-refractivity contribution in [3.05, 3.63) is 23.3 Å². The van der Waals surface area contributed by atoms with Crippen LogP contribution in [0.2, 0.25) is 0 Å². The van der Waals surface area contributed by atoms with Gasteiger partial charge in [0.25, 0.3) is 0 Å². The molecule has 0 unspecified atom stereocenters. The van der Waals surface area contributed by atoms with Crippen LogP contribution in [0.15, 0.2) is 12.1 Å². The van der Waals surface area contributed by atoms with Crippen molar-refractivity contribution in [2.45, 2.75) is 51.2 Å². The normalized spacial score (nSPS) is 24.1. The van der Waals surface area contributed by atoms with E-state index in [-0.39, 0.29) is 29.9 Å². The third-order valence-corrected chi connectivity index (χ3v) is 5.43. The largest absolute Gasteiger partial charge is 0.444 e. The molecule has 0 aromatic heterocycles. The molecule has 4 rings (SSSR count). The van der Waals surface area contributed by atoms with E-state index in [1.54, 1.807) is 16.8 Å². The lowest BCUT2D eigenvalue weighted by Gasteiger charge is -2.16. The number of rotatable bonds is 4. The Balaban J connectivity index is 1.63. The van der Waals surface area contributed by atoms with Crippen molar-refractivity contribution in [1.82, 2.24) is 0 Å². The highest BCUT2D eigenvalue weighted by molar-refractivity contribution is 6.04. The molecule has 0 spiro atoms. The number of Topliss-reactive ketones (excluding diaryl/α,β-unsaturated/α-hetero) is 1. The highest BCUT2D eigenvalue weighted by atomic mass is 16.6. The molecule has 1 aromatic rings. The van der Waals surface area contributed by atoms with Gasteiger partial charge >= 0.3 is 6.09 Å². The van der Waals surface area contributed by atoms with Gasteiger partial charge in [-0.1, -0.05) is 6.92 Å². The first kappa shape index (κ1) is 15.2. The summed E-state index contributed by atoms with van der Waals surface area (Å²) in [4.78, 5) is 39.3. The van der Waals surface area contributed by atoms with E-state index in [1.165, 1.54) is 0 Å². The van der Waals surface area contributed by atoms with Crippen molar-refractivity contribution in [3.8, 4) is 0 Å². The molecular weight excluding hydrogens is 308 g/mol. The first-order chi connectivity index (χ1) is 11.5. The maximum absolute atomic E-state index is 12.3. The third-order valence-electron chi connectivity index (χ3n) is 5.43. The van der Waals surface area contributed by atoms with Crippen molar-refractivity contribution in [2.75, 3.05) is 16.8 Å². The monoisotopic (exact) mass is 328 g/mol. The Morgan fingerprint density at radius 3 is 2.75 bits per heavy atom. The number of likely N-dealkylation sites (N-methyl/N-ethyl adjacent to an activating group) is 1. The van der Waals surface area contributed by atoms with E-state index >= 15 is 0 Å². The molecule has 0 saturated carbocycles. The maximum atomic E-state index is 12.3. The molecule has 24 heavy (non-hydrogen) atoms. The summed E-state index contributed by atoms with van der Waals surface area (Å²) in [7, 11) is 1.78. The van der Waals surface area contributed by atoms with Crippen LogP contribution in [-0.4, -0.2) is 37.0 Å². The lowest BCUT2D eigenvalue weighted by molar-refractivity contribution is -0.119. The molecule has 2 atom stereocenters. The number of carbonyl (C=O) groups is 3. The smallest absolute Gasteiger partial charge is 0.415 e. The second-order valence-corrected chi connectivity index (χ2v) is 6.69. The average Bonchev–Trinajstić information content (AvgIpc) is 3.18. The van der Waals surface area contributed by atoms with Gasteiger partial charge in [-0.15, -0.1) is 0 Å². The Morgan fingerprint density at radius 2 is 2.00 bits per heavy atom. The minimum atomic E-state index is -0.342. The first-order valence-electron chi connectivity index (χ1n) is 8.44. The molecule has 3 aliphatic rings. The molecule has 0 aliphatic carbocycles. The summed E-state index contributed by atoms with van der Waals surface area (Å²) < 4.78 is 5.50. The first-order valence-corrected chi connectivity index (χ1v) is 8.44. The van der Waals surface area contributed by atoms with Crippen LogP contribution in [0.5, 0.6) is 0 Å². The lowest BCUT2D eigenvalue weighted by Crippen LogP contribution is -2.33. The molecular formula is C18H20N2O4. The average molecular weight is 328 g/mol. The second kappa shape index (κ2) is 5.33. The molecule has 1 fully saturated rings. The minimum Gasteiger partial charge on any atom is -0.444 e. The van der Waals surface area contributed by atoms with Gasteiger partial charge in [0.1, 0.15) is 11.9 Å². The van der Waals surface area contributed by atoms with Crippen LogP contribution >= 0.6 is 0 Å². The molecule has 2 amide bonds. The number of benzene rings is 1. The van der Waals surface area contributed by atoms with E-state index < -0.39 is 0 Å². The van der Waals surface area contributed by atoms with Crippen LogP contribution in [0.3, 0.4) is 0 Å². The molecule has 1 saturated heterocycles. The van der Waals surface area contributed by atoms with Gasteiger partial charge in [-0.05, 0) is 36.1 Å². The van der Waals surface area contributed by atoms with Gasteiger partial charge in [0, 0.05) is 25.6 Å². The lowest BCUT2D eigenvalue weighted by atomic mass is 9.97. The zero-order valence-corrected chi connectivity index (χ0v) is 13.9. The quantitative estimate of drug-likeness (QED) is 0.850. The second-order valence-electron chi connectivity index (χ2n) is 6.69. The van der Waals surface area contributed by atoms with Crippen LogP contribution in [0.25, 0.3) is 0 Å². The molecule has 1 aromatic carbocycles. The fourth-order valence-electron chi connectivity index (χ4n) is 4.04. The summed E-state index contributed by atoms with van der Waals surface area (Å²) >= 11 is 0. The summed E-state index contributed by atoms with van der Waals surface area (Å²) in [5, 5.41) is 0. The van der Waals surface area contributed by atoms with E-state index in [2.05, 4.69) is 0 Å². The van der Waals surface area contributed by atoms with Gasteiger partial charge in [0.05, 0.1) is 18.2 Å². The van der Waals surface area contributed by atoms with E-state index in [0.29, 0.717) is 32.1 Å². The van der Waals surface area contributed by atoms with E-state index in [0.717, 1.165) is 22.5 Å². The minimum absolute atomic E-state index is 0.0651. The standard InChI is InChI=1S/C18H20N2O4/c1-3-10(21)4-7-16-15-8-11-12-9-17(22)19(2)13(12)5-6-14(11)20(15)18(23)24-16/h5-6,15-16H,3-4,7-9H2,1-2H3/t15-,16-/m0/s1. The van der Waals surface area contributed by atoms with E-state index in [9.17, 15) is 14.4 Å². The SMILES string of the molecule is CCC(=O)CC[C@@H]1OC(=O)N2c3ccc4c(c3C[C@@H]12)CC(=O)N4C. The van der Waals surface area contributed by atoms with Gasteiger partial charge in [0.15, 0.2) is 0 Å². The molecule has 6 heteroatoms.